The summed E-state index contributed by atoms with van der Waals surface area (Å²) in [5.41, 5.74) is 3.09. The van der Waals surface area contributed by atoms with Gasteiger partial charge in [-0.1, -0.05) is 30.5 Å². The lowest BCUT2D eigenvalue weighted by Gasteiger charge is -2.25. The summed E-state index contributed by atoms with van der Waals surface area (Å²) >= 11 is 6.42. The van der Waals surface area contributed by atoms with Crippen LogP contribution in [0.3, 0.4) is 0 Å². The smallest absolute Gasteiger partial charge is 0.228 e. The second-order valence-corrected chi connectivity index (χ2v) is 5.97. The quantitative estimate of drug-likeness (QED) is 0.891. The molecule has 102 valence electrons. The van der Waals surface area contributed by atoms with Crippen LogP contribution in [0, 0.1) is 5.92 Å². The fourth-order valence-electron chi connectivity index (χ4n) is 3.44. The lowest BCUT2D eigenvalue weighted by atomic mass is 9.90. The van der Waals surface area contributed by atoms with Gasteiger partial charge in [0.15, 0.2) is 0 Å². The maximum Gasteiger partial charge on any atom is 0.228 e. The number of benzene rings is 1. The van der Waals surface area contributed by atoms with Crippen LogP contribution in [0.15, 0.2) is 12.1 Å². The van der Waals surface area contributed by atoms with Crippen molar-refractivity contribution in [2.24, 2.45) is 5.92 Å². The lowest BCUT2D eigenvalue weighted by Crippen LogP contribution is -2.24. The molecule has 1 aromatic rings. The number of hydrogen-bond acceptors (Lipinski definition) is 2. The van der Waals surface area contributed by atoms with Gasteiger partial charge in [0.2, 0.25) is 5.91 Å². The van der Waals surface area contributed by atoms with Crippen LogP contribution in [-0.2, 0) is 11.2 Å². The summed E-state index contributed by atoms with van der Waals surface area (Å²) in [6, 6.07) is 4.31. The molecule has 3 nitrogen and oxygen atoms in total. The van der Waals surface area contributed by atoms with Gasteiger partial charge in [-0.25, -0.2) is 0 Å². The molecule has 0 bridgehead atoms. The number of carbonyl (C=O) groups is 1. The minimum absolute atomic E-state index is 0.0603. The van der Waals surface area contributed by atoms with Gasteiger partial charge in [0.1, 0.15) is 0 Å². The van der Waals surface area contributed by atoms with Crippen molar-refractivity contribution >= 4 is 23.2 Å². The molecule has 1 fully saturated rings. The Morgan fingerprint density at radius 3 is 2.79 bits per heavy atom. The van der Waals surface area contributed by atoms with Crippen LogP contribution in [0.25, 0.3) is 0 Å². The first-order valence-electron chi connectivity index (χ1n) is 6.98. The number of anilines is 1. The molecule has 4 heteroatoms. The largest absolute Gasteiger partial charge is 0.325 e. The molecule has 2 aliphatic rings. The lowest BCUT2D eigenvalue weighted by molar-refractivity contribution is -0.115. The molecule has 1 aliphatic carbocycles. The first-order chi connectivity index (χ1) is 9.19. The van der Waals surface area contributed by atoms with Crippen molar-refractivity contribution in [2.75, 3.05) is 12.4 Å². The topological polar surface area (TPSA) is 41.1 Å². The maximum atomic E-state index is 11.4. The highest BCUT2D eigenvalue weighted by atomic mass is 35.5. The zero-order valence-electron chi connectivity index (χ0n) is 11.1. The van der Waals surface area contributed by atoms with E-state index in [0.717, 1.165) is 21.8 Å². The Balaban J connectivity index is 1.95. The normalized spacial score (nSPS) is 20.4. The van der Waals surface area contributed by atoms with Gasteiger partial charge < -0.3 is 10.6 Å². The van der Waals surface area contributed by atoms with Gasteiger partial charge in [0.25, 0.3) is 0 Å². The molecule has 2 N–H and O–H groups in total. The van der Waals surface area contributed by atoms with Crippen molar-refractivity contribution in [3.05, 3.63) is 28.3 Å². The average Bonchev–Trinajstić information content (AvgIpc) is 2.99. The zero-order valence-corrected chi connectivity index (χ0v) is 11.9. The van der Waals surface area contributed by atoms with Crippen LogP contribution in [0.2, 0.25) is 5.02 Å². The molecule has 1 saturated carbocycles. The van der Waals surface area contributed by atoms with Crippen molar-refractivity contribution in [1.82, 2.24) is 5.32 Å². The van der Waals surface area contributed by atoms with Crippen LogP contribution in [0.1, 0.15) is 42.9 Å². The Bertz CT molecular complexity index is 509. The summed E-state index contributed by atoms with van der Waals surface area (Å²) in [6.07, 6.45) is 5.61. The fourth-order valence-corrected chi connectivity index (χ4v) is 3.72. The zero-order chi connectivity index (χ0) is 13.4. The van der Waals surface area contributed by atoms with Crippen molar-refractivity contribution in [3.63, 3.8) is 0 Å². The Morgan fingerprint density at radius 2 is 2.11 bits per heavy atom. The van der Waals surface area contributed by atoms with Gasteiger partial charge in [-0.15, -0.1) is 0 Å². The Morgan fingerprint density at radius 1 is 1.37 bits per heavy atom. The molecule has 1 aromatic carbocycles. The van der Waals surface area contributed by atoms with E-state index in [9.17, 15) is 4.79 Å². The predicted molar refractivity (Wildman–Crippen MR) is 77.5 cm³/mol. The van der Waals surface area contributed by atoms with E-state index in [1.807, 2.05) is 13.1 Å². The van der Waals surface area contributed by atoms with E-state index in [2.05, 4.69) is 16.7 Å². The molecule has 3 rings (SSSR count). The summed E-state index contributed by atoms with van der Waals surface area (Å²) in [4.78, 5) is 11.4. The van der Waals surface area contributed by atoms with E-state index >= 15 is 0 Å². The number of nitrogens with one attached hydrogen (secondary N) is 2. The van der Waals surface area contributed by atoms with Crippen molar-refractivity contribution in [2.45, 2.75) is 38.1 Å². The standard InChI is InChI=1S/C15H19ClN2O/c1-17-15(9-4-2-3-5-9)11-6-10-7-14(19)18-13(10)8-12(11)16/h6,8-9,15,17H,2-5,7H2,1H3,(H,18,19). The summed E-state index contributed by atoms with van der Waals surface area (Å²) in [5, 5.41) is 7.02. The number of carbonyl (C=O) groups excluding carboxylic acids is 1. The van der Waals surface area contributed by atoms with Crippen LogP contribution >= 0.6 is 11.6 Å². The van der Waals surface area contributed by atoms with Crippen molar-refractivity contribution in [1.29, 1.82) is 0 Å². The molecule has 0 saturated heterocycles. The number of hydrogen-bond donors (Lipinski definition) is 2. The monoisotopic (exact) mass is 278 g/mol. The summed E-state index contributed by atoms with van der Waals surface area (Å²) < 4.78 is 0. The highest BCUT2D eigenvalue weighted by molar-refractivity contribution is 6.32. The molecular formula is C15H19ClN2O. The van der Waals surface area contributed by atoms with E-state index < -0.39 is 0 Å². The van der Waals surface area contributed by atoms with Crippen LogP contribution in [0.5, 0.6) is 0 Å². The molecule has 1 amide bonds. The molecule has 0 radical (unpaired) electrons. The van der Waals surface area contributed by atoms with Crippen molar-refractivity contribution in [3.8, 4) is 0 Å². The number of halogens is 1. The SMILES string of the molecule is CNC(c1cc2c(cc1Cl)NC(=O)C2)C1CCCC1. The molecule has 1 unspecified atom stereocenters. The van der Waals surface area contributed by atoms with E-state index in [-0.39, 0.29) is 5.91 Å². The van der Waals surface area contributed by atoms with Gasteiger partial charge in [-0.2, -0.15) is 0 Å². The molecule has 0 aromatic heterocycles. The molecule has 0 spiro atoms. The predicted octanol–water partition coefficient (Wildman–Crippen LogP) is 3.29. The molecule has 1 heterocycles. The summed E-state index contributed by atoms with van der Waals surface area (Å²) in [5.74, 6) is 0.718. The Hall–Kier alpha value is -1.06. The minimum atomic E-state index is 0.0603. The summed E-state index contributed by atoms with van der Waals surface area (Å²) in [6.45, 7) is 0. The molecular weight excluding hydrogens is 260 g/mol. The first-order valence-corrected chi connectivity index (χ1v) is 7.36. The molecule has 19 heavy (non-hydrogen) atoms. The third-order valence-corrected chi connectivity index (χ3v) is 4.69. The van der Waals surface area contributed by atoms with Gasteiger partial charge in [-0.3, -0.25) is 4.79 Å². The van der Waals surface area contributed by atoms with Crippen LogP contribution < -0.4 is 10.6 Å². The van der Waals surface area contributed by atoms with E-state index in [1.165, 1.54) is 25.7 Å². The number of rotatable bonds is 3. The van der Waals surface area contributed by atoms with E-state index in [1.54, 1.807) is 0 Å². The maximum absolute atomic E-state index is 11.4. The van der Waals surface area contributed by atoms with Gasteiger partial charge in [0.05, 0.1) is 6.42 Å². The Labute approximate surface area is 118 Å². The van der Waals surface area contributed by atoms with Gasteiger partial charge >= 0.3 is 0 Å². The van der Waals surface area contributed by atoms with Crippen LogP contribution in [0.4, 0.5) is 5.69 Å². The third-order valence-electron chi connectivity index (χ3n) is 4.36. The highest BCUT2D eigenvalue weighted by Gasteiger charge is 2.28. The summed E-state index contributed by atoms with van der Waals surface area (Å²) in [7, 11) is 2.00. The number of amides is 1. The molecule has 1 aliphatic heterocycles. The average molecular weight is 279 g/mol. The highest BCUT2D eigenvalue weighted by Crippen LogP contribution is 2.40. The number of fused-ring (bicyclic) bond motifs is 1. The van der Waals surface area contributed by atoms with E-state index in [4.69, 9.17) is 11.6 Å². The second kappa shape index (κ2) is 5.14. The Kier molecular flexibility index (Phi) is 3.50. The molecule has 1 atom stereocenters. The fraction of sp³-hybridized carbons (Fsp3) is 0.533. The van der Waals surface area contributed by atoms with Crippen LogP contribution in [-0.4, -0.2) is 13.0 Å². The van der Waals surface area contributed by atoms with Gasteiger partial charge in [0, 0.05) is 16.8 Å². The second-order valence-electron chi connectivity index (χ2n) is 5.57. The van der Waals surface area contributed by atoms with Gasteiger partial charge in [-0.05, 0) is 43.0 Å². The van der Waals surface area contributed by atoms with Crippen molar-refractivity contribution < 1.29 is 4.79 Å². The first kappa shape index (κ1) is 12.9. The van der Waals surface area contributed by atoms with E-state index in [0.29, 0.717) is 18.4 Å². The minimum Gasteiger partial charge on any atom is -0.325 e. The third kappa shape index (κ3) is 2.37.